The minimum atomic E-state index is -0.449. The van der Waals surface area contributed by atoms with Crippen LogP contribution in [0.4, 0.5) is 0 Å². The maximum atomic E-state index is 12.3. The van der Waals surface area contributed by atoms with Gasteiger partial charge in [0.15, 0.2) is 0 Å². The lowest BCUT2D eigenvalue weighted by Gasteiger charge is -2.20. The van der Waals surface area contributed by atoms with Gasteiger partial charge in [-0.15, -0.1) is 11.8 Å². The molecule has 0 bridgehead atoms. The summed E-state index contributed by atoms with van der Waals surface area (Å²) in [4.78, 5) is 18.4. The highest BCUT2D eigenvalue weighted by Gasteiger charge is 2.20. The van der Waals surface area contributed by atoms with Crippen molar-refractivity contribution in [2.45, 2.75) is 31.1 Å². The quantitative estimate of drug-likeness (QED) is 0.513. The zero-order chi connectivity index (χ0) is 17.1. The topological polar surface area (TPSA) is 58.9 Å². The van der Waals surface area contributed by atoms with Crippen LogP contribution in [0.2, 0.25) is 0 Å². The summed E-state index contributed by atoms with van der Waals surface area (Å²) in [7, 11) is 0. The monoisotopic (exact) mass is 341 g/mol. The molecule has 0 spiro atoms. The smallest absolute Gasteiger partial charge is 0.366 e. The summed E-state index contributed by atoms with van der Waals surface area (Å²) in [5.74, 6) is -0.157. The molecule has 3 rings (SSSR count). The first kappa shape index (κ1) is 16.6. The molecule has 0 saturated carbocycles. The first-order chi connectivity index (χ1) is 11.6. The molecule has 0 aliphatic heterocycles. The molecular formula is C19H19NO3S. The maximum Gasteiger partial charge on any atom is 0.366 e. The molecule has 24 heavy (non-hydrogen) atoms. The highest BCUT2D eigenvalue weighted by molar-refractivity contribution is 7.98. The Morgan fingerprint density at radius 2 is 2.00 bits per heavy atom. The van der Waals surface area contributed by atoms with Gasteiger partial charge in [-0.3, -0.25) is 0 Å². The Morgan fingerprint density at radius 3 is 2.79 bits per heavy atom. The molecule has 1 N–H and O–H groups in total. The van der Waals surface area contributed by atoms with E-state index >= 15 is 0 Å². The molecule has 0 radical (unpaired) electrons. The van der Waals surface area contributed by atoms with E-state index in [4.69, 9.17) is 4.84 Å². The summed E-state index contributed by atoms with van der Waals surface area (Å²) in [6.07, 6.45) is 4.51. The van der Waals surface area contributed by atoms with Gasteiger partial charge < -0.3 is 9.94 Å². The van der Waals surface area contributed by atoms with Crippen molar-refractivity contribution in [1.82, 2.24) is 0 Å². The van der Waals surface area contributed by atoms with Crippen LogP contribution in [0.15, 0.2) is 46.4 Å². The Morgan fingerprint density at radius 1 is 1.21 bits per heavy atom. The van der Waals surface area contributed by atoms with E-state index in [-0.39, 0.29) is 0 Å². The molecule has 1 aliphatic rings. The van der Waals surface area contributed by atoms with Crippen LogP contribution in [0.1, 0.15) is 39.9 Å². The SMILES string of the molecule is CSc1ccccc1C(=O)O/N=C1\CCCc2c1ccc(O)c2C. The summed E-state index contributed by atoms with van der Waals surface area (Å²) in [5.41, 5.74) is 4.20. The molecule has 0 unspecified atom stereocenters. The summed E-state index contributed by atoms with van der Waals surface area (Å²) in [5, 5.41) is 14.0. The van der Waals surface area contributed by atoms with Gasteiger partial charge in [-0.05, 0) is 67.8 Å². The maximum absolute atomic E-state index is 12.3. The van der Waals surface area contributed by atoms with Gasteiger partial charge in [0.25, 0.3) is 0 Å². The minimum absolute atomic E-state index is 0.292. The second kappa shape index (κ2) is 7.09. The lowest BCUT2D eigenvalue weighted by atomic mass is 9.87. The molecule has 124 valence electrons. The molecule has 0 fully saturated rings. The Hall–Kier alpha value is -2.27. The number of thioether (sulfide) groups is 1. The summed E-state index contributed by atoms with van der Waals surface area (Å²) >= 11 is 1.50. The molecule has 0 atom stereocenters. The minimum Gasteiger partial charge on any atom is -0.508 e. The molecule has 0 aromatic heterocycles. The van der Waals surface area contributed by atoms with Gasteiger partial charge in [0.2, 0.25) is 0 Å². The van der Waals surface area contributed by atoms with Gasteiger partial charge >= 0.3 is 5.97 Å². The normalized spacial score (nSPS) is 15.2. The van der Waals surface area contributed by atoms with E-state index in [2.05, 4.69) is 5.16 Å². The van der Waals surface area contributed by atoms with E-state index in [1.54, 1.807) is 12.1 Å². The van der Waals surface area contributed by atoms with Crippen molar-refractivity contribution in [3.8, 4) is 5.75 Å². The van der Waals surface area contributed by atoms with E-state index in [9.17, 15) is 9.90 Å². The van der Waals surface area contributed by atoms with E-state index < -0.39 is 5.97 Å². The fourth-order valence-corrected chi connectivity index (χ4v) is 3.54. The Labute approximate surface area is 145 Å². The highest BCUT2D eigenvalue weighted by Crippen LogP contribution is 2.30. The van der Waals surface area contributed by atoms with Crippen molar-refractivity contribution in [1.29, 1.82) is 0 Å². The van der Waals surface area contributed by atoms with Crippen molar-refractivity contribution in [2.24, 2.45) is 5.16 Å². The van der Waals surface area contributed by atoms with Gasteiger partial charge in [-0.2, -0.15) is 0 Å². The number of oxime groups is 1. The summed E-state index contributed by atoms with van der Waals surface area (Å²) in [6, 6.07) is 10.8. The van der Waals surface area contributed by atoms with E-state index in [0.29, 0.717) is 11.3 Å². The number of phenolic OH excluding ortho intramolecular Hbond substituents is 1. The molecular weight excluding hydrogens is 322 g/mol. The Bertz CT molecular complexity index is 814. The number of aromatic hydroxyl groups is 1. The van der Waals surface area contributed by atoms with Gasteiger partial charge in [0.05, 0.1) is 11.3 Å². The van der Waals surface area contributed by atoms with Crippen LogP contribution in [-0.4, -0.2) is 23.0 Å². The molecule has 1 aliphatic carbocycles. The lowest BCUT2D eigenvalue weighted by Crippen LogP contribution is -2.15. The van der Waals surface area contributed by atoms with Crippen LogP contribution in [0.5, 0.6) is 5.75 Å². The van der Waals surface area contributed by atoms with Crippen molar-refractivity contribution in [2.75, 3.05) is 6.26 Å². The number of rotatable bonds is 3. The number of benzene rings is 2. The average Bonchev–Trinajstić information content (AvgIpc) is 2.62. The van der Waals surface area contributed by atoms with Crippen molar-refractivity contribution in [3.63, 3.8) is 0 Å². The second-order valence-electron chi connectivity index (χ2n) is 5.71. The van der Waals surface area contributed by atoms with Crippen molar-refractivity contribution < 1.29 is 14.7 Å². The van der Waals surface area contributed by atoms with Crippen LogP contribution in [-0.2, 0) is 11.3 Å². The molecule has 0 amide bonds. The van der Waals surface area contributed by atoms with Crippen LogP contribution in [0.25, 0.3) is 0 Å². The number of fused-ring (bicyclic) bond motifs is 1. The van der Waals surface area contributed by atoms with Gasteiger partial charge in [-0.1, -0.05) is 17.3 Å². The standard InChI is InChI=1S/C19H19NO3S/c1-12-13-7-5-8-16(14(13)10-11-17(12)21)20-23-19(22)15-6-3-4-9-18(15)24-2/h3-4,6,9-11,21H,5,7-8H2,1-2H3/b20-16+. The molecule has 4 nitrogen and oxygen atoms in total. The number of hydrogen-bond donors (Lipinski definition) is 1. The lowest BCUT2D eigenvalue weighted by molar-refractivity contribution is 0.0511. The third-order valence-electron chi connectivity index (χ3n) is 4.29. The van der Waals surface area contributed by atoms with Crippen molar-refractivity contribution in [3.05, 3.63) is 58.7 Å². The number of hydrogen-bond acceptors (Lipinski definition) is 5. The number of nitrogens with zero attached hydrogens (tertiary/aromatic N) is 1. The number of carbonyl (C=O) groups excluding carboxylic acids is 1. The molecule has 5 heteroatoms. The van der Waals surface area contributed by atoms with Gasteiger partial charge in [0, 0.05) is 10.5 Å². The first-order valence-corrected chi connectivity index (χ1v) is 9.07. The Balaban J connectivity index is 1.86. The second-order valence-corrected chi connectivity index (χ2v) is 6.55. The van der Waals surface area contributed by atoms with E-state index in [0.717, 1.165) is 46.6 Å². The summed E-state index contributed by atoms with van der Waals surface area (Å²) < 4.78 is 0. The first-order valence-electron chi connectivity index (χ1n) is 7.85. The van der Waals surface area contributed by atoms with Crippen LogP contribution in [0.3, 0.4) is 0 Å². The molecule has 0 heterocycles. The van der Waals surface area contributed by atoms with Gasteiger partial charge in [0.1, 0.15) is 5.75 Å². The third-order valence-corrected chi connectivity index (χ3v) is 5.08. The average molecular weight is 341 g/mol. The highest BCUT2D eigenvalue weighted by atomic mass is 32.2. The van der Waals surface area contributed by atoms with Gasteiger partial charge in [-0.25, -0.2) is 4.79 Å². The third kappa shape index (κ3) is 3.17. The fourth-order valence-electron chi connectivity index (χ4n) is 2.96. The van der Waals surface area contributed by atoms with Crippen LogP contribution < -0.4 is 0 Å². The summed E-state index contributed by atoms with van der Waals surface area (Å²) in [6.45, 7) is 1.90. The number of phenols is 1. The Kier molecular flexibility index (Phi) is 4.90. The molecule has 2 aromatic carbocycles. The largest absolute Gasteiger partial charge is 0.508 e. The molecule has 0 saturated heterocycles. The van der Waals surface area contributed by atoms with Crippen LogP contribution in [0, 0.1) is 6.92 Å². The van der Waals surface area contributed by atoms with E-state index in [1.165, 1.54) is 11.8 Å². The fraction of sp³-hybridized carbons (Fsp3) is 0.263. The van der Waals surface area contributed by atoms with E-state index in [1.807, 2.05) is 37.4 Å². The predicted molar refractivity (Wildman–Crippen MR) is 96.0 cm³/mol. The number of carbonyl (C=O) groups is 1. The van der Waals surface area contributed by atoms with Crippen molar-refractivity contribution >= 4 is 23.4 Å². The zero-order valence-corrected chi connectivity index (χ0v) is 14.5. The zero-order valence-electron chi connectivity index (χ0n) is 13.7. The molecule has 2 aromatic rings. The predicted octanol–water partition coefficient (Wildman–Crippen LogP) is 4.32. The van der Waals surface area contributed by atoms with Crippen LogP contribution >= 0.6 is 11.8 Å².